The lowest BCUT2D eigenvalue weighted by atomic mass is 9.96. The summed E-state index contributed by atoms with van der Waals surface area (Å²) in [6.45, 7) is 16.7. The van der Waals surface area contributed by atoms with Gasteiger partial charge in [-0.15, -0.1) is 0 Å². The second-order valence-corrected chi connectivity index (χ2v) is 16.1. The van der Waals surface area contributed by atoms with Gasteiger partial charge in [0.15, 0.2) is 8.32 Å². The van der Waals surface area contributed by atoms with Gasteiger partial charge in [-0.25, -0.2) is 4.79 Å². The van der Waals surface area contributed by atoms with Crippen LogP contribution in [0.2, 0.25) is 18.1 Å². The lowest BCUT2D eigenvalue weighted by Gasteiger charge is -2.49. The molecular formula is C25H43NO6Si. The second-order valence-electron chi connectivity index (χ2n) is 11.3. The SMILES string of the molecule is CN(C(=O)OC(C)(C)C)[C@H]1[C@H](O[Si](C)(C)C(C)(C)C)[C@@H](CO)OC[C@H]1OCc1ccccc1. The molecule has 7 nitrogen and oxygen atoms in total. The average molecular weight is 482 g/mol. The van der Waals surface area contributed by atoms with Crippen LogP contribution in [0.15, 0.2) is 30.3 Å². The van der Waals surface area contributed by atoms with E-state index in [0.29, 0.717) is 6.61 Å². The number of aliphatic hydroxyl groups is 1. The van der Waals surface area contributed by atoms with Gasteiger partial charge in [0.05, 0.1) is 32.0 Å². The average Bonchev–Trinajstić information content (AvgIpc) is 2.70. The van der Waals surface area contributed by atoms with Crippen molar-refractivity contribution in [3.8, 4) is 0 Å². The van der Waals surface area contributed by atoms with E-state index in [9.17, 15) is 9.90 Å². The van der Waals surface area contributed by atoms with Crippen LogP contribution in [0.5, 0.6) is 0 Å². The van der Waals surface area contributed by atoms with Gasteiger partial charge < -0.3 is 28.6 Å². The first-order valence-corrected chi connectivity index (χ1v) is 14.6. The third-order valence-electron chi connectivity index (χ3n) is 6.41. The smallest absolute Gasteiger partial charge is 0.410 e. The van der Waals surface area contributed by atoms with Gasteiger partial charge in [-0.05, 0) is 44.5 Å². The minimum atomic E-state index is -2.26. The standard InChI is InChI=1S/C25H43NO6Si/c1-24(2,3)31-23(28)26(7)21-20(29-16-18-13-11-10-12-14-18)17-30-19(15-27)22(21)32-33(8,9)25(4,5)6/h10-14,19-22,27H,15-17H2,1-9H3/t19-,20-,21-,22-/m1/s1. The van der Waals surface area contributed by atoms with Gasteiger partial charge in [-0.1, -0.05) is 51.1 Å². The highest BCUT2D eigenvalue weighted by Crippen LogP contribution is 2.40. The Balaban J connectivity index is 2.38. The fourth-order valence-electron chi connectivity index (χ4n) is 3.51. The van der Waals surface area contributed by atoms with Gasteiger partial charge in [-0.2, -0.15) is 0 Å². The zero-order valence-electron chi connectivity index (χ0n) is 21.8. The quantitative estimate of drug-likeness (QED) is 0.574. The Morgan fingerprint density at radius 2 is 1.76 bits per heavy atom. The molecule has 1 fully saturated rings. The maximum atomic E-state index is 13.1. The third kappa shape index (κ3) is 7.52. The van der Waals surface area contributed by atoms with Crippen LogP contribution >= 0.6 is 0 Å². The molecule has 0 unspecified atom stereocenters. The van der Waals surface area contributed by atoms with Crippen molar-refractivity contribution >= 4 is 14.4 Å². The summed E-state index contributed by atoms with van der Waals surface area (Å²) in [5.41, 5.74) is 0.394. The lowest BCUT2D eigenvalue weighted by Crippen LogP contribution is -2.65. The van der Waals surface area contributed by atoms with Crippen molar-refractivity contribution in [2.75, 3.05) is 20.3 Å². The minimum Gasteiger partial charge on any atom is -0.444 e. The first-order chi connectivity index (χ1) is 15.2. The molecule has 1 N–H and O–H groups in total. The number of likely N-dealkylation sites (N-methyl/N-ethyl adjacent to an activating group) is 1. The molecule has 1 saturated heterocycles. The zero-order chi connectivity index (χ0) is 25.0. The highest BCUT2D eigenvalue weighted by atomic mass is 28.4. The number of nitrogens with zero attached hydrogens (tertiary/aromatic N) is 1. The molecule has 0 spiro atoms. The molecule has 1 amide bonds. The maximum Gasteiger partial charge on any atom is 0.410 e. The van der Waals surface area contributed by atoms with Crippen molar-refractivity contribution in [3.05, 3.63) is 35.9 Å². The van der Waals surface area contributed by atoms with Crippen LogP contribution in [0.25, 0.3) is 0 Å². The summed E-state index contributed by atoms with van der Waals surface area (Å²) in [7, 11) is -0.554. The molecule has 1 aromatic carbocycles. The minimum absolute atomic E-state index is 0.0557. The van der Waals surface area contributed by atoms with E-state index in [2.05, 4.69) is 33.9 Å². The first kappa shape index (κ1) is 27.8. The molecule has 1 aliphatic rings. The van der Waals surface area contributed by atoms with Crippen molar-refractivity contribution in [3.63, 3.8) is 0 Å². The van der Waals surface area contributed by atoms with Gasteiger partial charge in [0.2, 0.25) is 0 Å². The van der Waals surface area contributed by atoms with Crippen LogP contribution in [0, 0.1) is 0 Å². The van der Waals surface area contributed by atoms with Crippen LogP contribution in [0.3, 0.4) is 0 Å². The van der Waals surface area contributed by atoms with E-state index in [1.807, 2.05) is 51.1 Å². The molecule has 8 heteroatoms. The molecule has 4 atom stereocenters. The number of aliphatic hydroxyl groups excluding tert-OH is 1. The Labute approximate surface area is 200 Å². The van der Waals surface area contributed by atoms with Crippen LogP contribution in [0.1, 0.15) is 47.1 Å². The molecule has 0 aromatic heterocycles. The molecule has 188 valence electrons. The Morgan fingerprint density at radius 3 is 2.27 bits per heavy atom. The Kier molecular flexibility index (Phi) is 9.15. The predicted octanol–water partition coefficient (Wildman–Crippen LogP) is 4.59. The summed E-state index contributed by atoms with van der Waals surface area (Å²) in [5, 5.41) is 10.1. The van der Waals surface area contributed by atoms with E-state index in [0.717, 1.165) is 5.56 Å². The maximum absolute atomic E-state index is 13.1. The van der Waals surface area contributed by atoms with Crippen molar-refractivity contribution < 1.29 is 28.5 Å². The molecule has 1 aromatic rings. The predicted molar refractivity (Wildman–Crippen MR) is 132 cm³/mol. The Bertz CT molecular complexity index is 758. The summed E-state index contributed by atoms with van der Waals surface area (Å²) >= 11 is 0. The third-order valence-corrected chi connectivity index (χ3v) is 10.9. The normalized spacial score (nSPS) is 24.4. The van der Waals surface area contributed by atoms with Gasteiger partial charge in [0.1, 0.15) is 17.8 Å². The molecule has 0 saturated carbocycles. The number of hydrogen-bond donors (Lipinski definition) is 1. The topological polar surface area (TPSA) is 77.5 Å². The van der Waals surface area contributed by atoms with Crippen LogP contribution in [-0.2, 0) is 25.2 Å². The number of carbonyl (C=O) groups excluding carboxylic acids is 1. The largest absolute Gasteiger partial charge is 0.444 e. The highest BCUT2D eigenvalue weighted by Gasteiger charge is 2.50. The first-order valence-electron chi connectivity index (χ1n) is 11.7. The van der Waals surface area contributed by atoms with Gasteiger partial charge >= 0.3 is 6.09 Å². The molecule has 0 bridgehead atoms. The number of benzene rings is 1. The summed E-state index contributed by atoms with van der Waals surface area (Å²) in [5.74, 6) is 0. The molecule has 0 aliphatic carbocycles. The van der Waals surface area contributed by atoms with Crippen molar-refractivity contribution in [1.82, 2.24) is 4.90 Å². The second kappa shape index (κ2) is 10.9. The highest BCUT2D eigenvalue weighted by molar-refractivity contribution is 6.74. The fraction of sp³-hybridized carbons (Fsp3) is 0.720. The molecule has 33 heavy (non-hydrogen) atoms. The van der Waals surface area contributed by atoms with E-state index in [4.69, 9.17) is 18.6 Å². The molecule has 1 heterocycles. The van der Waals surface area contributed by atoms with E-state index < -0.39 is 44.4 Å². The number of rotatable bonds is 7. The summed E-state index contributed by atoms with van der Waals surface area (Å²) in [6, 6.07) is 9.40. The number of hydrogen-bond acceptors (Lipinski definition) is 6. The fourth-order valence-corrected chi connectivity index (χ4v) is 4.84. The van der Waals surface area contributed by atoms with E-state index in [1.54, 1.807) is 11.9 Å². The Morgan fingerprint density at radius 1 is 1.15 bits per heavy atom. The van der Waals surface area contributed by atoms with Crippen molar-refractivity contribution in [2.24, 2.45) is 0 Å². The van der Waals surface area contributed by atoms with E-state index in [1.165, 1.54) is 0 Å². The van der Waals surface area contributed by atoms with E-state index >= 15 is 0 Å². The number of amides is 1. The Hall–Kier alpha value is -1.45. The van der Waals surface area contributed by atoms with Crippen molar-refractivity contribution in [2.45, 2.75) is 96.2 Å². The molecule has 2 rings (SSSR count). The summed E-state index contributed by atoms with van der Waals surface area (Å²) < 4.78 is 24.7. The van der Waals surface area contributed by atoms with E-state index in [-0.39, 0.29) is 18.3 Å². The molecular weight excluding hydrogens is 438 g/mol. The number of carbonyl (C=O) groups is 1. The van der Waals surface area contributed by atoms with Gasteiger partial charge in [0, 0.05) is 7.05 Å². The molecule has 0 radical (unpaired) electrons. The number of ether oxygens (including phenoxy) is 3. The zero-order valence-corrected chi connectivity index (χ0v) is 22.8. The van der Waals surface area contributed by atoms with Crippen molar-refractivity contribution in [1.29, 1.82) is 0 Å². The van der Waals surface area contributed by atoms with Crippen LogP contribution in [0.4, 0.5) is 4.79 Å². The van der Waals surface area contributed by atoms with Crippen LogP contribution < -0.4 is 0 Å². The van der Waals surface area contributed by atoms with Gasteiger partial charge in [-0.3, -0.25) is 0 Å². The van der Waals surface area contributed by atoms with Gasteiger partial charge in [0.25, 0.3) is 0 Å². The summed E-state index contributed by atoms with van der Waals surface area (Å²) in [6.07, 6.45) is -2.02. The monoisotopic (exact) mass is 481 g/mol. The lowest BCUT2D eigenvalue weighted by molar-refractivity contribution is -0.185. The van der Waals surface area contributed by atoms with Crippen LogP contribution in [-0.4, -0.2) is 74.6 Å². The molecule has 1 aliphatic heterocycles. The summed E-state index contributed by atoms with van der Waals surface area (Å²) in [4.78, 5) is 14.6.